The Bertz CT molecular complexity index is 502. The van der Waals surface area contributed by atoms with Crippen LogP contribution < -0.4 is 11.1 Å². The Kier molecular flexibility index (Phi) is 4.95. The molecule has 0 aliphatic heterocycles. The van der Waals surface area contributed by atoms with Gasteiger partial charge in [0.1, 0.15) is 0 Å². The Labute approximate surface area is 114 Å². The fourth-order valence-electron chi connectivity index (χ4n) is 1.38. The second-order valence-electron chi connectivity index (χ2n) is 4.21. The monoisotopic (exact) mass is 288 g/mol. The predicted molar refractivity (Wildman–Crippen MR) is 69.6 cm³/mol. The molecule has 5 nitrogen and oxygen atoms in total. The molecule has 0 radical (unpaired) electrons. The van der Waals surface area contributed by atoms with Crippen molar-refractivity contribution in [3.63, 3.8) is 0 Å². The SMILES string of the molecule is CN(CCC(=N)N)C(=O)Nc1cccc(C(F)(F)F)c1. The number of rotatable bonds is 4. The number of benzene rings is 1. The van der Waals surface area contributed by atoms with E-state index in [4.69, 9.17) is 11.1 Å². The number of nitrogens with zero attached hydrogens (tertiary/aromatic N) is 1. The number of urea groups is 1. The lowest BCUT2D eigenvalue weighted by molar-refractivity contribution is -0.137. The van der Waals surface area contributed by atoms with Gasteiger partial charge in [-0.15, -0.1) is 0 Å². The van der Waals surface area contributed by atoms with Crippen LogP contribution in [0.25, 0.3) is 0 Å². The summed E-state index contributed by atoms with van der Waals surface area (Å²) in [7, 11) is 1.46. The van der Waals surface area contributed by atoms with E-state index in [1.807, 2.05) is 0 Å². The minimum absolute atomic E-state index is 0.0551. The van der Waals surface area contributed by atoms with Gasteiger partial charge in [-0.25, -0.2) is 4.79 Å². The van der Waals surface area contributed by atoms with E-state index in [0.29, 0.717) is 0 Å². The van der Waals surface area contributed by atoms with Crippen LogP contribution in [0, 0.1) is 5.41 Å². The number of anilines is 1. The van der Waals surface area contributed by atoms with Crippen LogP contribution in [0.5, 0.6) is 0 Å². The summed E-state index contributed by atoms with van der Waals surface area (Å²) in [5.74, 6) is -0.0660. The highest BCUT2D eigenvalue weighted by atomic mass is 19.4. The standard InChI is InChI=1S/C12H15F3N4O/c1-19(6-5-10(16)17)11(20)18-9-4-2-3-8(7-9)12(13,14)15/h2-4,7H,5-6H2,1H3,(H3,16,17)(H,18,20). The number of alkyl halides is 3. The molecule has 20 heavy (non-hydrogen) atoms. The molecule has 0 heterocycles. The zero-order valence-corrected chi connectivity index (χ0v) is 10.8. The molecule has 4 N–H and O–H groups in total. The van der Waals surface area contributed by atoms with Crippen molar-refractivity contribution < 1.29 is 18.0 Å². The molecule has 0 bridgehead atoms. The fraction of sp³-hybridized carbons (Fsp3) is 0.333. The molecule has 2 amide bonds. The van der Waals surface area contributed by atoms with Crippen molar-refractivity contribution in [2.24, 2.45) is 5.73 Å². The summed E-state index contributed by atoms with van der Waals surface area (Å²) in [6.07, 6.45) is -4.26. The Morgan fingerprint density at radius 3 is 2.65 bits per heavy atom. The van der Waals surface area contributed by atoms with Crippen LogP contribution in [0.15, 0.2) is 24.3 Å². The van der Waals surface area contributed by atoms with Gasteiger partial charge < -0.3 is 16.0 Å². The molecule has 0 aliphatic carbocycles. The molecule has 1 aromatic carbocycles. The van der Waals surface area contributed by atoms with Crippen molar-refractivity contribution in [2.75, 3.05) is 18.9 Å². The lowest BCUT2D eigenvalue weighted by Gasteiger charge is -2.18. The molecule has 0 fully saturated rings. The second kappa shape index (κ2) is 6.27. The van der Waals surface area contributed by atoms with Crippen molar-refractivity contribution in [2.45, 2.75) is 12.6 Å². The first-order valence-corrected chi connectivity index (χ1v) is 5.72. The number of nitrogens with one attached hydrogen (secondary N) is 2. The molecule has 0 saturated heterocycles. The van der Waals surface area contributed by atoms with E-state index in [1.54, 1.807) is 0 Å². The van der Waals surface area contributed by atoms with Gasteiger partial charge in [0.25, 0.3) is 0 Å². The van der Waals surface area contributed by atoms with Gasteiger partial charge in [0, 0.05) is 25.7 Å². The van der Waals surface area contributed by atoms with Crippen molar-refractivity contribution in [3.05, 3.63) is 29.8 Å². The van der Waals surface area contributed by atoms with Crippen LogP contribution in [0.4, 0.5) is 23.7 Å². The quantitative estimate of drug-likeness (QED) is 0.587. The summed E-state index contributed by atoms with van der Waals surface area (Å²) in [6, 6.07) is 3.80. The molecule has 0 saturated carbocycles. The normalized spacial score (nSPS) is 11.0. The van der Waals surface area contributed by atoms with Gasteiger partial charge in [0.05, 0.1) is 11.4 Å². The fourth-order valence-corrected chi connectivity index (χ4v) is 1.38. The number of amides is 2. The Morgan fingerprint density at radius 2 is 2.10 bits per heavy atom. The molecular formula is C12H15F3N4O. The van der Waals surface area contributed by atoms with Gasteiger partial charge in [0.15, 0.2) is 0 Å². The lowest BCUT2D eigenvalue weighted by Crippen LogP contribution is -2.33. The Balaban J connectivity index is 2.69. The maximum absolute atomic E-state index is 12.5. The highest BCUT2D eigenvalue weighted by Gasteiger charge is 2.30. The van der Waals surface area contributed by atoms with Gasteiger partial charge in [0.2, 0.25) is 0 Å². The second-order valence-corrected chi connectivity index (χ2v) is 4.21. The van der Waals surface area contributed by atoms with E-state index in [9.17, 15) is 18.0 Å². The van der Waals surface area contributed by atoms with Gasteiger partial charge >= 0.3 is 12.2 Å². The summed E-state index contributed by atoms with van der Waals surface area (Å²) in [6.45, 7) is 0.208. The van der Waals surface area contributed by atoms with Crippen molar-refractivity contribution in [1.29, 1.82) is 5.41 Å². The zero-order valence-electron chi connectivity index (χ0n) is 10.8. The van der Waals surface area contributed by atoms with Gasteiger partial charge in [-0.3, -0.25) is 5.41 Å². The molecule has 8 heteroatoms. The average molecular weight is 288 g/mol. The van der Waals surface area contributed by atoms with Crippen molar-refractivity contribution in [1.82, 2.24) is 4.90 Å². The first-order chi connectivity index (χ1) is 9.20. The number of carbonyl (C=O) groups is 1. The molecular weight excluding hydrogens is 273 g/mol. The van der Waals surface area contributed by atoms with Gasteiger partial charge in [-0.05, 0) is 18.2 Å². The van der Waals surface area contributed by atoms with Crippen molar-refractivity contribution in [3.8, 4) is 0 Å². The number of hydrogen-bond acceptors (Lipinski definition) is 2. The van der Waals surface area contributed by atoms with Crippen LogP contribution >= 0.6 is 0 Å². The lowest BCUT2D eigenvalue weighted by atomic mass is 10.2. The number of hydrogen-bond donors (Lipinski definition) is 3. The van der Waals surface area contributed by atoms with Crippen LogP contribution in [-0.4, -0.2) is 30.4 Å². The van der Waals surface area contributed by atoms with E-state index >= 15 is 0 Å². The topological polar surface area (TPSA) is 82.2 Å². The number of nitrogens with two attached hydrogens (primary N) is 1. The molecule has 1 rings (SSSR count). The number of halogens is 3. The first kappa shape index (κ1) is 15.8. The highest BCUT2D eigenvalue weighted by molar-refractivity contribution is 5.89. The highest BCUT2D eigenvalue weighted by Crippen LogP contribution is 2.30. The number of carbonyl (C=O) groups excluding carboxylic acids is 1. The minimum atomic E-state index is -4.46. The molecule has 110 valence electrons. The Morgan fingerprint density at radius 1 is 1.45 bits per heavy atom. The predicted octanol–water partition coefficient (Wildman–Crippen LogP) is 2.50. The van der Waals surface area contributed by atoms with Gasteiger partial charge in [-0.2, -0.15) is 13.2 Å². The number of amidine groups is 1. The molecule has 0 atom stereocenters. The summed E-state index contributed by atoms with van der Waals surface area (Å²) in [5, 5.41) is 9.39. The smallest absolute Gasteiger partial charge is 0.388 e. The Hall–Kier alpha value is -2.25. The largest absolute Gasteiger partial charge is 0.416 e. The van der Waals surface area contributed by atoms with Crippen molar-refractivity contribution >= 4 is 17.6 Å². The summed E-state index contributed by atoms with van der Waals surface area (Å²) in [4.78, 5) is 12.9. The molecule has 0 aliphatic rings. The molecule has 1 aromatic rings. The third-order valence-electron chi connectivity index (χ3n) is 2.50. The summed E-state index contributed by atoms with van der Waals surface area (Å²) in [5.41, 5.74) is 4.38. The summed E-state index contributed by atoms with van der Waals surface area (Å²) >= 11 is 0. The third kappa shape index (κ3) is 4.79. The minimum Gasteiger partial charge on any atom is -0.388 e. The van der Waals surface area contributed by atoms with E-state index in [1.165, 1.54) is 24.1 Å². The zero-order chi connectivity index (χ0) is 15.3. The first-order valence-electron chi connectivity index (χ1n) is 5.72. The van der Waals surface area contributed by atoms with E-state index in [-0.39, 0.29) is 24.5 Å². The average Bonchev–Trinajstić information content (AvgIpc) is 2.35. The molecule has 0 unspecified atom stereocenters. The molecule has 0 spiro atoms. The van der Waals surface area contributed by atoms with Crippen LogP contribution in [0.3, 0.4) is 0 Å². The van der Waals surface area contributed by atoms with E-state index in [0.717, 1.165) is 12.1 Å². The van der Waals surface area contributed by atoms with E-state index in [2.05, 4.69) is 5.32 Å². The van der Waals surface area contributed by atoms with Crippen LogP contribution in [-0.2, 0) is 6.18 Å². The van der Waals surface area contributed by atoms with Crippen LogP contribution in [0.2, 0.25) is 0 Å². The van der Waals surface area contributed by atoms with Crippen LogP contribution in [0.1, 0.15) is 12.0 Å². The van der Waals surface area contributed by atoms with E-state index < -0.39 is 17.8 Å². The maximum atomic E-state index is 12.5. The summed E-state index contributed by atoms with van der Waals surface area (Å²) < 4.78 is 37.5. The third-order valence-corrected chi connectivity index (χ3v) is 2.50. The van der Waals surface area contributed by atoms with Gasteiger partial charge in [-0.1, -0.05) is 6.07 Å². The maximum Gasteiger partial charge on any atom is 0.416 e. The molecule has 0 aromatic heterocycles.